The molecule has 3 N–H and O–H groups in total. The molecule has 0 heterocycles. The lowest BCUT2D eigenvalue weighted by Crippen LogP contribution is -2.39. The molecule has 0 aliphatic rings. The largest absolute Gasteiger partial charge is 0.494 e. The molecule has 1 unspecified atom stereocenters. The molecular formula is C19H25N3O4S. The summed E-state index contributed by atoms with van der Waals surface area (Å²) >= 11 is 0. The molecule has 27 heavy (non-hydrogen) atoms. The number of anilines is 1. The Kier molecular flexibility index (Phi) is 6.81. The summed E-state index contributed by atoms with van der Waals surface area (Å²) in [4.78, 5) is 14.0. The average Bonchev–Trinajstić information content (AvgIpc) is 2.67. The van der Waals surface area contributed by atoms with E-state index >= 15 is 0 Å². The van der Waals surface area contributed by atoms with Crippen molar-refractivity contribution in [2.24, 2.45) is 5.73 Å². The van der Waals surface area contributed by atoms with Crippen molar-refractivity contribution < 1.29 is 17.9 Å². The molecule has 0 fully saturated rings. The fourth-order valence-corrected chi connectivity index (χ4v) is 3.46. The molecule has 0 aliphatic carbocycles. The van der Waals surface area contributed by atoms with Gasteiger partial charge in [-0.05, 0) is 56.3 Å². The second-order valence-electron chi connectivity index (χ2n) is 6.09. The number of hydrogen-bond donors (Lipinski definition) is 2. The van der Waals surface area contributed by atoms with E-state index in [0.29, 0.717) is 24.6 Å². The highest BCUT2D eigenvalue weighted by Crippen LogP contribution is 2.20. The number of nitrogens with one attached hydrogen (secondary N) is 1. The Morgan fingerprint density at radius 2 is 1.89 bits per heavy atom. The number of likely N-dealkylation sites (N-methyl/N-ethyl adjacent to an activating group) is 1. The summed E-state index contributed by atoms with van der Waals surface area (Å²) in [5.74, 6) is 0.371. The first kappa shape index (κ1) is 20.7. The predicted molar refractivity (Wildman–Crippen MR) is 105 cm³/mol. The van der Waals surface area contributed by atoms with E-state index in [4.69, 9.17) is 10.5 Å². The number of carbonyl (C=O) groups excluding carboxylic acids is 1. The fourth-order valence-electron chi connectivity index (χ4n) is 2.36. The smallest absolute Gasteiger partial charge is 0.261 e. The van der Waals surface area contributed by atoms with Crippen molar-refractivity contribution in [3.05, 3.63) is 54.1 Å². The van der Waals surface area contributed by atoms with Gasteiger partial charge in [0.1, 0.15) is 5.75 Å². The number of sulfonamides is 1. The van der Waals surface area contributed by atoms with Gasteiger partial charge in [-0.3, -0.25) is 9.52 Å². The molecule has 0 saturated carbocycles. The van der Waals surface area contributed by atoms with Gasteiger partial charge in [-0.25, -0.2) is 8.42 Å². The number of carbonyl (C=O) groups is 1. The Bertz CT molecular complexity index is 882. The number of nitrogens with zero attached hydrogens (tertiary/aromatic N) is 1. The molecule has 0 aliphatic heterocycles. The molecule has 8 heteroatoms. The Labute approximate surface area is 160 Å². The maximum Gasteiger partial charge on any atom is 0.261 e. The van der Waals surface area contributed by atoms with Gasteiger partial charge < -0.3 is 15.4 Å². The summed E-state index contributed by atoms with van der Waals surface area (Å²) in [5, 5.41) is 0. The molecule has 7 nitrogen and oxygen atoms in total. The predicted octanol–water partition coefficient (Wildman–Crippen LogP) is 2.31. The zero-order valence-corrected chi connectivity index (χ0v) is 16.5. The van der Waals surface area contributed by atoms with Gasteiger partial charge in [-0.2, -0.15) is 0 Å². The van der Waals surface area contributed by atoms with Crippen LogP contribution in [0.4, 0.5) is 5.69 Å². The summed E-state index contributed by atoms with van der Waals surface area (Å²) < 4.78 is 33.2. The Morgan fingerprint density at radius 3 is 2.48 bits per heavy atom. The lowest BCUT2D eigenvalue weighted by atomic mass is 10.2. The molecule has 0 spiro atoms. The Morgan fingerprint density at radius 1 is 1.22 bits per heavy atom. The van der Waals surface area contributed by atoms with E-state index in [2.05, 4.69) is 4.72 Å². The van der Waals surface area contributed by atoms with Crippen molar-refractivity contribution in [1.29, 1.82) is 0 Å². The van der Waals surface area contributed by atoms with Crippen molar-refractivity contribution in [3.63, 3.8) is 0 Å². The number of nitrogens with two attached hydrogens (primary N) is 1. The van der Waals surface area contributed by atoms with Crippen LogP contribution in [-0.2, 0) is 10.0 Å². The molecule has 2 aromatic carbocycles. The van der Waals surface area contributed by atoms with Gasteiger partial charge in [0, 0.05) is 30.9 Å². The number of ether oxygens (including phenoxy) is 1. The van der Waals surface area contributed by atoms with E-state index in [0.717, 1.165) is 0 Å². The number of benzene rings is 2. The monoisotopic (exact) mass is 391 g/mol. The maximum atomic E-state index is 12.7. The van der Waals surface area contributed by atoms with Crippen LogP contribution in [0.15, 0.2) is 53.4 Å². The second-order valence-corrected chi connectivity index (χ2v) is 7.77. The molecule has 146 valence electrons. The Hall–Kier alpha value is -2.58. The third-order valence-electron chi connectivity index (χ3n) is 4.13. The summed E-state index contributed by atoms with van der Waals surface area (Å²) in [6.45, 7) is 4.55. The van der Waals surface area contributed by atoms with Gasteiger partial charge in [-0.1, -0.05) is 6.07 Å². The van der Waals surface area contributed by atoms with Crippen molar-refractivity contribution in [3.8, 4) is 5.75 Å². The maximum absolute atomic E-state index is 12.7. The zero-order chi connectivity index (χ0) is 20.0. The van der Waals surface area contributed by atoms with Crippen molar-refractivity contribution in [2.45, 2.75) is 24.8 Å². The van der Waals surface area contributed by atoms with Crippen LogP contribution in [0.3, 0.4) is 0 Å². The lowest BCUT2D eigenvalue weighted by molar-refractivity contribution is 0.0748. The third-order valence-corrected chi connectivity index (χ3v) is 5.51. The van der Waals surface area contributed by atoms with Crippen LogP contribution in [-0.4, -0.2) is 45.5 Å². The van der Waals surface area contributed by atoms with Gasteiger partial charge in [0.25, 0.3) is 15.9 Å². The zero-order valence-electron chi connectivity index (χ0n) is 15.7. The highest BCUT2D eigenvalue weighted by atomic mass is 32.2. The van der Waals surface area contributed by atoms with Crippen molar-refractivity contribution in [1.82, 2.24) is 4.90 Å². The first-order valence-corrected chi connectivity index (χ1v) is 10.1. The summed E-state index contributed by atoms with van der Waals surface area (Å²) in [6, 6.07) is 12.4. The quantitative estimate of drug-likeness (QED) is 0.719. The first-order chi connectivity index (χ1) is 12.8. The first-order valence-electron chi connectivity index (χ1n) is 8.61. The molecule has 1 atom stereocenters. The van der Waals surface area contributed by atoms with Crippen molar-refractivity contribution >= 4 is 21.6 Å². The molecule has 1 amide bonds. The highest BCUT2D eigenvalue weighted by Gasteiger charge is 2.20. The number of amides is 1. The summed E-state index contributed by atoms with van der Waals surface area (Å²) in [6.07, 6.45) is 0. The number of hydrogen-bond acceptors (Lipinski definition) is 5. The minimum Gasteiger partial charge on any atom is -0.494 e. The topological polar surface area (TPSA) is 102 Å². The van der Waals surface area contributed by atoms with E-state index in [1.807, 2.05) is 13.8 Å². The van der Waals surface area contributed by atoms with Gasteiger partial charge in [0.05, 0.1) is 11.5 Å². The summed E-state index contributed by atoms with van der Waals surface area (Å²) in [7, 11) is -2.19. The van der Waals surface area contributed by atoms with E-state index < -0.39 is 10.0 Å². The van der Waals surface area contributed by atoms with Crippen LogP contribution < -0.4 is 15.2 Å². The lowest BCUT2D eigenvalue weighted by Gasteiger charge is -2.23. The van der Waals surface area contributed by atoms with E-state index in [1.54, 1.807) is 43.4 Å². The van der Waals surface area contributed by atoms with Crippen molar-refractivity contribution in [2.75, 3.05) is 24.9 Å². The summed E-state index contributed by atoms with van der Waals surface area (Å²) in [5.41, 5.74) is 6.29. The fraction of sp³-hybridized carbons (Fsp3) is 0.316. The molecule has 0 aromatic heterocycles. The molecule has 2 aromatic rings. The minimum atomic E-state index is -3.83. The third kappa shape index (κ3) is 5.21. The normalized spacial score (nSPS) is 12.3. The highest BCUT2D eigenvalue weighted by molar-refractivity contribution is 7.92. The van der Waals surface area contributed by atoms with Crippen LogP contribution in [0.1, 0.15) is 24.2 Å². The van der Waals surface area contributed by atoms with E-state index in [-0.39, 0.29) is 22.4 Å². The number of rotatable bonds is 8. The van der Waals surface area contributed by atoms with Crippen LogP contribution >= 0.6 is 0 Å². The van der Waals surface area contributed by atoms with Crippen LogP contribution in [0.25, 0.3) is 0 Å². The molecule has 0 saturated heterocycles. The van der Waals surface area contributed by atoms with Crippen LogP contribution in [0.2, 0.25) is 0 Å². The molecule has 2 rings (SSSR count). The SMILES string of the molecule is CCOc1ccc(NS(=O)(=O)c2cccc(C(=O)N(C)C(C)CN)c2)cc1. The molecule has 0 radical (unpaired) electrons. The van der Waals surface area contributed by atoms with Crippen LogP contribution in [0, 0.1) is 0 Å². The van der Waals surface area contributed by atoms with Gasteiger partial charge in [-0.15, -0.1) is 0 Å². The van der Waals surface area contributed by atoms with Gasteiger partial charge in [0.15, 0.2) is 0 Å². The minimum absolute atomic E-state index is 0.0102. The average molecular weight is 391 g/mol. The van der Waals surface area contributed by atoms with Crippen LogP contribution in [0.5, 0.6) is 5.75 Å². The van der Waals surface area contributed by atoms with Gasteiger partial charge in [0.2, 0.25) is 0 Å². The van der Waals surface area contributed by atoms with E-state index in [1.165, 1.54) is 17.0 Å². The second kappa shape index (κ2) is 8.88. The standard InChI is InChI=1S/C19H25N3O4S/c1-4-26-17-10-8-16(9-11-17)21-27(24,25)18-7-5-6-15(12-18)19(23)22(3)14(2)13-20/h5-12,14,21H,4,13,20H2,1-3H3. The van der Waals surface area contributed by atoms with E-state index in [9.17, 15) is 13.2 Å². The molecular weight excluding hydrogens is 366 g/mol. The molecule has 0 bridgehead atoms. The Balaban J connectivity index is 2.22. The van der Waals surface area contributed by atoms with Gasteiger partial charge >= 0.3 is 0 Å².